The van der Waals surface area contributed by atoms with Gasteiger partial charge in [-0.05, 0) is 13.3 Å². The van der Waals surface area contributed by atoms with E-state index in [-0.39, 0.29) is 11.9 Å². The van der Waals surface area contributed by atoms with E-state index in [1.165, 1.54) is 0 Å². The first-order chi connectivity index (χ1) is 4.72. The molecule has 0 aromatic heterocycles. The Kier molecular flexibility index (Phi) is 4.94. The standard InChI is InChI=1S/C7H16N2O/c1-3-5-6(8)7(10)9-4-2/h6H,3-5,8H2,1-2H3,(H,9,10)/t6-/m1/s1. The maximum atomic E-state index is 10.9. The van der Waals surface area contributed by atoms with Crippen molar-refractivity contribution in [2.75, 3.05) is 6.54 Å². The van der Waals surface area contributed by atoms with Crippen LogP contribution in [0.5, 0.6) is 0 Å². The lowest BCUT2D eigenvalue weighted by atomic mass is 10.2. The van der Waals surface area contributed by atoms with Gasteiger partial charge in [-0.25, -0.2) is 0 Å². The number of amides is 1. The Hall–Kier alpha value is -0.570. The zero-order valence-electron chi connectivity index (χ0n) is 6.68. The molecule has 60 valence electrons. The predicted octanol–water partition coefficient (Wildman–Crippen LogP) is 0.250. The lowest BCUT2D eigenvalue weighted by molar-refractivity contribution is -0.122. The van der Waals surface area contributed by atoms with Crippen molar-refractivity contribution in [1.29, 1.82) is 0 Å². The first kappa shape index (κ1) is 9.43. The van der Waals surface area contributed by atoms with Gasteiger partial charge in [-0.2, -0.15) is 0 Å². The fraction of sp³-hybridized carbons (Fsp3) is 0.857. The van der Waals surface area contributed by atoms with Crippen LogP contribution in [0.3, 0.4) is 0 Å². The minimum absolute atomic E-state index is 0.0376. The average molecular weight is 144 g/mol. The molecule has 10 heavy (non-hydrogen) atoms. The lowest BCUT2D eigenvalue weighted by Gasteiger charge is -2.08. The van der Waals surface area contributed by atoms with Gasteiger partial charge in [0.1, 0.15) is 0 Å². The summed E-state index contributed by atoms with van der Waals surface area (Å²) in [5.41, 5.74) is 5.50. The Labute approximate surface area is 62.0 Å². The zero-order valence-corrected chi connectivity index (χ0v) is 6.68. The highest BCUT2D eigenvalue weighted by Crippen LogP contribution is 1.91. The number of carbonyl (C=O) groups excluding carboxylic acids is 1. The summed E-state index contributed by atoms with van der Waals surface area (Å²) in [5, 5.41) is 2.67. The van der Waals surface area contributed by atoms with Gasteiger partial charge in [0.2, 0.25) is 5.91 Å². The summed E-state index contributed by atoms with van der Waals surface area (Å²) < 4.78 is 0. The van der Waals surface area contributed by atoms with E-state index < -0.39 is 0 Å². The largest absolute Gasteiger partial charge is 0.355 e. The molecule has 3 heteroatoms. The van der Waals surface area contributed by atoms with Gasteiger partial charge in [0.25, 0.3) is 0 Å². The van der Waals surface area contributed by atoms with Crippen LogP contribution in [0.15, 0.2) is 0 Å². The van der Waals surface area contributed by atoms with Crippen molar-refractivity contribution in [2.24, 2.45) is 5.73 Å². The Bertz CT molecular complexity index is 104. The molecular weight excluding hydrogens is 128 g/mol. The summed E-state index contributed by atoms with van der Waals surface area (Å²) in [7, 11) is 0. The van der Waals surface area contributed by atoms with Crippen LogP contribution < -0.4 is 11.1 Å². The van der Waals surface area contributed by atoms with Crippen LogP contribution in [0.1, 0.15) is 26.7 Å². The third kappa shape index (κ3) is 3.45. The van der Waals surface area contributed by atoms with E-state index in [1.54, 1.807) is 0 Å². The molecular formula is C7H16N2O. The second-order valence-corrected chi connectivity index (χ2v) is 2.29. The minimum atomic E-state index is -0.315. The van der Waals surface area contributed by atoms with Crippen LogP contribution in [0, 0.1) is 0 Å². The first-order valence-electron chi connectivity index (χ1n) is 3.75. The highest BCUT2D eigenvalue weighted by molar-refractivity contribution is 5.81. The maximum absolute atomic E-state index is 10.9. The van der Waals surface area contributed by atoms with Crippen molar-refractivity contribution in [3.63, 3.8) is 0 Å². The van der Waals surface area contributed by atoms with Crippen molar-refractivity contribution >= 4 is 5.91 Å². The molecule has 3 N–H and O–H groups in total. The number of carbonyl (C=O) groups is 1. The minimum Gasteiger partial charge on any atom is -0.355 e. The van der Waals surface area contributed by atoms with E-state index in [1.807, 2.05) is 13.8 Å². The van der Waals surface area contributed by atoms with Crippen molar-refractivity contribution in [3.8, 4) is 0 Å². The van der Waals surface area contributed by atoms with Gasteiger partial charge in [0.15, 0.2) is 0 Å². The quantitative estimate of drug-likeness (QED) is 0.594. The highest BCUT2D eigenvalue weighted by Gasteiger charge is 2.09. The van der Waals surface area contributed by atoms with E-state index in [0.717, 1.165) is 12.8 Å². The summed E-state index contributed by atoms with van der Waals surface area (Å²) >= 11 is 0. The van der Waals surface area contributed by atoms with Gasteiger partial charge in [0, 0.05) is 6.54 Å². The monoisotopic (exact) mass is 144 g/mol. The third-order valence-electron chi connectivity index (χ3n) is 1.29. The molecule has 0 heterocycles. The molecule has 0 aliphatic heterocycles. The van der Waals surface area contributed by atoms with Crippen LogP contribution in [0.25, 0.3) is 0 Å². The van der Waals surface area contributed by atoms with Crippen LogP contribution in [0.4, 0.5) is 0 Å². The highest BCUT2D eigenvalue weighted by atomic mass is 16.2. The number of hydrogen-bond acceptors (Lipinski definition) is 2. The normalized spacial score (nSPS) is 12.7. The van der Waals surface area contributed by atoms with E-state index >= 15 is 0 Å². The molecule has 0 fully saturated rings. The van der Waals surface area contributed by atoms with Crippen molar-refractivity contribution in [3.05, 3.63) is 0 Å². The van der Waals surface area contributed by atoms with E-state index in [2.05, 4.69) is 5.32 Å². The van der Waals surface area contributed by atoms with Crippen molar-refractivity contribution in [2.45, 2.75) is 32.7 Å². The molecule has 3 nitrogen and oxygen atoms in total. The summed E-state index contributed by atoms with van der Waals surface area (Å²) in [6.07, 6.45) is 1.73. The van der Waals surface area contributed by atoms with Crippen LogP contribution in [-0.4, -0.2) is 18.5 Å². The van der Waals surface area contributed by atoms with E-state index in [9.17, 15) is 4.79 Å². The Morgan fingerprint density at radius 1 is 1.60 bits per heavy atom. The van der Waals surface area contributed by atoms with Gasteiger partial charge in [-0.3, -0.25) is 4.79 Å². The summed E-state index contributed by atoms with van der Waals surface area (Å²) in [6, 6.07) is -0.315. The molecule has 0 aliphatic carbocycles. The van der Waals surface area contributed by atoms with Crippen LogP contribution in [0.2, 0.25) is 0 Å². The second-order valence-electron chi connectivity index (χ2n) is 2.29. The van der Waals surface area contributed by atoms with Gasteiger partial charge in [0.05, 0.1) is 6.04 Å². The Morgan fingerprint density at radius 2 is 2.20 bits per heavy atom. The van der Waals surface area contributed by atoms with Crippen molar-refractivity contribution in [1.82, 2.24) is 5.32 Å². The number of likely N-dealkylation sites (N-methyl/N-ethyl adjacent to an activating group) is 1. The molecule has 0 aromatic rings. The lowest BCUT2D eigenvalue weighted by Crippen LogP contribution is -2.40. The molecule has 0 radical (unpaired) electrons. The molecule has 0 spiro atoms. The molecule has 0 saturated heterocycles. The molecule has 1 atom stereocenters. The molecule has 0 aromatic carbocycles. The smallest absolute Gasteiger partial charge is 0.236 e. The number of rotatable bonds is 4. The summed E-state index contributed by atoms with van der Waals surface area (Å²) in [4.78, 5) is 10.9. The topological polar surface area (TPSA) is 55.1 Å². The molecule has 0 unspecified atom stereocenters. The maximum Gasteiger partial charge on any atom is 0.236 e. The number of nitrogens with one attached hydrogen (secondary N) is 1. The number of nitrogens with two attached hydrogens (primary N) is 1. The Balaban J connectivity index is 3.49. The third-order valence-corrected chi connectivity index (χ3v) is 1.29. The van der Waals surface area contributed by atoms with Crippen LogP contribution >= 0.6 is 0 Å². The van der Waals surface area contributed by atoms with Crippen molar-refractivity contribution < 1.29 is 4.79 Å². The molecule has 0 bridgehead atoms. The predicted molar refractivity (Wildman–Crippen MR) is 41.6 cm³/mol. The van der Waals surface area contributed by atoms with E-state index in [4.69, 9.17) is 5.73 Å². The zero-order chi connectivity index (χ0) is 7.98. The molecule has 1 amide bonds. The SMILES string of the molecule is CCC[C@@H](N)C(=O)NCC. The Morgan fingerprint density at radius 3 is 2.60 bits per heavy atom. The molecule has 0 saturated carbocycles. The average Bonchev–Trinajstić information content (AvgIpc) is 1.89. The van der Waals surface area contributed by atoms with Gasteiger partial charge >= 0.3 is 0 Å². The second kappa shape index (κ2) is 5.23. The van der Waals surface area contributed by atoms with Gasteiger partial charge < -0.3 is 11.1 Å². The number of hydrogen-bond donors (Lipinski definition) is 2. The fourth-order valence-corrected chi connectivity index (χ4v) is 0.747. The van der Waals surface area contributed by atoms with Gasteiger partial charge in [-0.1, -0.05) is 13.3 Å². The summed E-state index contributed by atoms with van der Waals surface area (Å²) in [6.45, 7) is 4.56. The molecule has 0 aliphatic rings. The summed E-state index contributed by atoms with van der Waals surface area (Å²) in [5.74, 6) is -0.0376. The fourth-order valence-electron chi connectivity index (χ4n) is 0.747. The van der Waals surface area contributed by atoms with Gasteiger partial charge in [-0.15, -0.1) is 0 Å². The van der Waals surface area contributed by atoms with E-state index in [0.29, 0.717) is 6.54 Å². The first-order valence-corrected chi connectivity index (χ1v) is 3.75. The van der Waals surface area contributed by atoms with Crippen LogP contribution in [-0.2, 0) is 4.79 Å². The molecule has 0 rings (SSSR count).